The van der Waals surface area contributed by atoms with E-state index in [0.29, 0.717) is 6.61 Å². The van der Waals surface area contributed by atoms with Gasteiger partial charge in [-0.1, -0.05) is 45.4 Å². The van der Waals surface area contributed by atoms with Crippen molar-refractivity contribution in [2.24, 2.45) is 0 Å². The van der Waals surface area contributed by atoms with Gasteiger partial charge in [-0.15, -0.1) is 0 Å². The Bertz CT molecular complexity index is 223. The number of hydrogen-bond donors (Lipinski definition) is 0. The molecule has 0 aromatic heterocycles. The van der Waals surface area contributed by atoms with Crippen LogP contribution in [0.4, 0.5) is 0 Å². The van der Waals surface area contributed by atoms with E-state index in [1.165, 1.54) is 38.5 Å². The SMILES string of the molecule is CCCCCCCCC(COC(C)(C)C)OC(C)(C)C. The molecule has 0 saturated carbocycles. The van der Waals surface area contributed by atoms with Crippen LogP contribution in [0.2, 0.25) is 0 Å². The van der Waals surface area contributed by atoms with Gasteiger partial charge in [0, 0.05) is 0 Å². The van der Waals surface area contributed by atoms with Crippen LogP contribution < -0.4 is 0 Å². The summed E-state index contributed by atoms with van der Waals surface area (Å²) in [6.45, 7) is 15.6. The van der Waals surface area contributed by atoms with Crippen LogP contribution in [0.5, 0.6) is 0 Å². The lowest BCUT2D eigenvalue weighted by molar-refractivity contribution is -0.122. The Hall–Kier alpha value is -0.0800. The first-order valence-corrected chi connectivity index (χ1v) is 8.46. The standard InChI is InChI=1S/C18H38O2/c1-8-9-10-11-12-13-14-16(20-18(5,6)7)15-19-17(2,3)4/h16H,8-15H2,1-7H3. The van der Waals surface area contributed by atoms with Crippen LogP contribution in [-0.2, 0) is 9.47 Å². The molecule has 0 N–H and O–H groups in total. The Morgan fingerprint density at radius 2 is 1.30 bits per heavy atom. The fraction of sp³-hybridized carbons (Fsp3) is 1.00. The van der Waals surface area contributed by atoms with Gasteiger partial charge >= 0.3 is 0 Å². The van der Waals surface area contributed by atoms with Gasteiger partial charge in [-0.2, -0.15) is 0 Å². The average molecular weight is 286 g/mol. The molecule has 20 heavy (non-hydrogen) atoms. The van der Waals surface area contributed by atoms with Crippen molar-refractivity contribution in [1.29, 1.82) is 0 Å². The van der Waals surface area contributed by atoms with E-state index in [-0.39, 0.29) is 17.3 Å². The predicted octanol–water partition coefficient (Wildman–Crippen LogP) is 5.74. The molecule has 122 valence electrons. The molecular weight excluding hydrogens is 248 g/mol. The first-order valence-electron chi connectivity index (χ1n) is 8.46. The van der Waals surface area contributed by atoms with Gasteiger partial charge in [-0.05, 0) is 48.0 Å². The molecule has 2 nitrogen and oxygen atoms in total. The zero-order valence-electron chi connectivity index (χ0n) is 15.1. The van der Waals surface area contributed by atoms with Crippen LogP contribution in [0.3, 0.4) is 0 Å². The highest BCUT2D eigenvalue weighted by molar-refractivity contribution is 4.69. The predicted molar refractivity (Wildman–Crippen MR) is 88.3 cm³/mol. The summed E-state index contributed by atoms with van der Waals surface area (Å²) in [7, 11) is 0. The Labute approximate surface area is 127 Å². The molecule has 0 amide bonds. The van der Waals surface area contributed by atoms with E-state index in [9.17, 15) is 0 Å². The van der Waals surface area contributed by atoms with E-state index >= 15 is 0 Å². The second kappa shape index (κ2) is 9.78. The summed E-state index contributed by atoms with van der Waals surface area (Å²) in [5.41, 5.74) is -0.172. The van der Waals surface area contributed by atoms with E-state index in [0.717, 1.165) is 6.42 Å². The number of unbranched alkanes of at least 4 members (excludes halogenated alkanes) is 5. The Morgan fingerprint density at radius 3 is 1.80 bits per heavy atom. The lowest BCUT2D eigenvalue weighted by Gasteiger charge is -2.30. The molecule has 0 bridgehead atoms. The highest BCUT2D eigenvalue weighted by Gasteiger charge is 2.21. The number of hydrogen-bond acceptors (Lipinski definition) is 2. The lowest BCUT2D eigenvalue weighted by atomic mass is 10.1. The molecular formula is C18H38O2. The van der Waals surface area contributed by atoms with Crippen molar-refractivity contribution in [3.63, 3.8) is 0 Å². The zero-order valence-corrected chi connectivity index (χ0v) is 15.1. The molecule has 0 spiro atoms. The highest BCUT2D eigenvalue weighted by Crippen LogP contribution is 2.19. The average Bonchev–Trinajstić information content (AvgIpc) is 2.27. The van der Waals surface area contributed by atoms with Crippen molar-refractivity contribution in [3.05, 3.63) is 0 Å². The minimum absolute atomic E-state index is 0.0827. The van der Waals surface area contributed by atoms with Gasteiger partial charge in [-0.3, -0.25) is 0 Å². The van der Waals surface area contributed by atoms with E-state index in [1.54, 1.807) is 0 Å². The van der Waals surface area contributed by atoms with Gasteiger partial charge in [0.05, 0.1) is 23.9 Å². The van der Waals surface area contributed by atoms with Crippen LogP contribution in [0.1, 0.15) is 93.4 Å². The van der Waals surface area contributed by atoms with Crippen LogP contribution in [0.25, 0.3) is 0 Å². The van der Waals surface area contributed by atoms with Gasteiger partial charge in [0.15, 0.2) is 0 Å². The Balaban J connectivity index is 3.99. The van der Waals surface area contributed by atoms with Gasteiger partial charge < -0.3 is 9.47 Å². The monoisotopic (exact) mass is 286 g/mol. The summed E-state index contributed by atoms with van der Waals surface area (Å²) < 4.78 is 12.0. The third-order valence-corrected chi connectivity index (χ3v) is 3.10. The van der Waals surface area contributed by atoms with Gasteiger partial charge in [-0.25, -0.2) is 0 Å². The van der Waals surface area contributed by atoms with Crippen molar-refractivity contribution >= 4 is 0 Å². The fourth-order valence-electron chi connectivity index (χ4n) is 2.17. The van der Waals surface area contributed by atoms with Crippen molar-refractivity contribution in [2.45, 2.75) is 111 Å². The van der Waals surface area contributed by atoms with E-state index in [1.807, 2.05) is 0 Å². The van der Waals surface area contributed by atoms with E-state index < -0.39 is 0 Å². The molecule has 0 aromatic rings. The second-order valence-electron chi connectivity index (χ2n) is 7.83. The summed E-state index contributed by atoms with van der Waals surface area (Å²) in [6, 6.07) is 0. The molecule has 0 heterocycles. The zero-order chi connectivity index (χ0) is 15.6. The van der Waals surface area contributed by atoms with Crippen molar-refractivity contribution in [1.82, 2.24) is 0 Å². The third-order valence-electron chi connectivity index (χ3n) is 3.10. The van der Waals surface area contributed by atoms with Crippen molar-refractivity contribution < 1.29 is 9.47 Å². The quantitative estimate of drug-likeness (QED) is 0.477. The third kappa shape index (κ3) is 14.3. The fourth-order valence-corrected chi connectivity index (χ4v) is 2.17. The summed E-state index contributed by atoms with van der Waals surface area (Å²) in [4.78, 5) is 0. The maximum absolute atomic E-state index is 6.14. The molecule has 0 fully saturated rings. The second-order valence-corrected chi connectivity index (χ2v) is 7.83. The lowest BCUT2D eigenvalue weighted by Crippen LogP contribution is -2.33. The Morgan fingerprint density at radius 1 is 0.750 bits per heavy atom. The van der Waals surface area contributed by atoms with Crippen LogP contribution in [0, 0.1) is 0 Å². The first-order chi connectivity index (χ1) is 9.14. The van der Waals surface area contributed by atoms with Crippen LogP contribution in [-0.4, -0.2) is 23.9 Å². The molecule has 0 aliphatic carbocycles. The molecule has 0 aromatic carbocycles. The number of ether oxygens (including phenoxy) is 2. The minimum atomic E-state index is -0.0892. The maximum Gasteiger partial charge on any atom is 0.0815 e. The summed E-state index contributed by atoms with van der Waals surface area (Å²) in [5.74, 6) is 0. The summed E-state index contributed by atoms with van der Waals surface area (Å²) in [5, 5.41) is 0. The highest BCUT2D eigenvalue weighted by atomic mass is 16.6. The minimum Gasteiger partial charge on any atom is -0.373 e. The van der Waals surface area contributed by atoms with E-state index in [2.05, 4.69) is 48.5 Å². The number of rotatable bonds is 10. The Kier molecular flexibility index (Phi) is 9.74. The molecule has 0 rings (SSSR count). The molecule has 0 saturated heterocycles. The summed E-state index contributed by atoms with van der Waals surface area (Å²) in [6.07, 6.45) is 9.32. The van der Waals surface area contributed by atoms with Crippen LogP contribution >= 0.6 is 0 Å². The normalized spacial score (nSPS) is 14.6. The topological polar surface area (TPSA) is 18.5 Å². The summed E-state index contributed by atoms with van der Waals surface area (Å²) >= 11 is 0. The van der Waals surface area contributed by atoms with Gasteiger partial charge in [0.25, 0.3) is 0 Å². The maximum atomic E-state index is 6.14. The van der Waals surface area contributed by atoms with Crippen molar-refractivity contribution in [2.75, 3.05) is 6.61 Å². The first kappa shape index (κ1) is 19.9. The molecule has 1 atom stereocenters. The molecule has 1 unspecified atom stereocenters. The molecule has 2 heteroatoms. The van der Waals surface area contributed by atoms with Crippen molar-refractivity contribution in [3.8, 4) is 0 Å². The van der Waals surface area contributed by atoms with Gasteiger partial charge in [0.1, 0.15) is 0 Å². The van der Waals surface area contributed by atoms with Gasteiger partial charge in [0.2, 0.25) is 0 Å². The molecule has 0 aliphatic rings. The van der Waals surface area contributed by atoms with E-state index in [4.69, 9.17) is 9.47 Å². The molecule has 0 radical (unpaired) electrons. The molecule has 0 aliphatic heterocycles. The van der Waals surface area contributed by atoms with Crippen LogP contribution in [0.15, 0.2) is 0 Å². The largest absolute Gasteiger partial charge is 0.373 e. The smallest absolute Gasteiger partial charge is 0.0815 e.